The number of rotatable bonds is 4. The van der Waals surface area contributed by atoms with E-state index in [-0.39, 0.29) is 5.82 Å². The molecular weight excluding hydrogens is 217 g/mol. The maximum atomic E-state index is 13.5. The van der Waals surface area contributed by atoms with Gasteiger partial charge in [-0.1, -0.05) is 6.07 Å². The van der Waals surface area contributed by atoms with Crippen molar-refractivity contribution in [3.8, 4) is 0 Å². The van der Waals surface area contributed by atoms with E-state index in [1.807, 2.05) is 17.7 Å². The average molecular weight is 233 g/mol. The van der Waals surface area contributed by atoms with Crippen LogP contribution in [0.4, 0.5) is 4.39 Å². The average Bonchev–Trinajstić information content (AvgIpc) is 3.07. The SMILES string of the molecule is Cn1c(CCNC2CC2)nc2c(F)cccc21. The zero-order chi connectivity index (χ0) is 11.8. The fourth-order valence-corrected chi connectivity index (χ4v) is 2.13. The minimum absolute atomic E-state index is 0.237. The van der Waals surface area contributed by atoms with E-state index < -0.39 is 0 Å². The fraction of sp³-hybridized carbons (Fsp3) is 0.462. The van der Waals surface area contributed by atoms with Crippen molar-refractivity contribution in [2.24, 2.45) is 7.05 Å². The Bertz CT molecular complexity index is 543. The Morgan fingerprint density at radius 1 is 1.47 bits per heavy atom. The summed E-state index contributed by atoms with van der Waals surface area (Å²) in [6.07, 6.45) is 3.43. The van der Waals surface area contributed by atoms with Crippen LogP contribution in [0.1, 0.15) is 18.7 Å². The molecule has 0 amide bonds. The first kappa shape index (κ1) is 10.7. The van der Waals surface area contributed by atoms with Crippen LogP contribution >= 0.6 is 0 Å². The Hall–Kier alpha value is -1.42. The van der Waals surface area contributed by atoms with Gasteiger partial charge in [-0.05, 0) is 25.0 Å². The third-order valence-corrected chi connectivity index (χ3v) is 3.31. The molecule has 0 atom stereocenters. The number of aryl methyl sites for hydroxylation is 1. The molecule has 1 aromatic heterocycles. The number of halogens is 1. The highest BCUT2D eigenvalue weighted by Gasteiger charge is 2.20. The molecule has 0 unspecified atom stereocenters. The molecule has 90 valence electrons. The minimum atomic E-state index is -0.237. The van der Waals surface area contributed by atoms with Gasteiger partial charge >= 0.3 is 0 Å². The van der Waals surface area contributed by atoms with E-state index in [1.54, 1.807) is 6.07 Å². The fourth-order valence-electron chi connectivity index (χ4n) is 2.13. The summed E-state index contributed by atoms with van der Waals surface area (Å²) in [5.41, 5.74) is 1.35. The number of hydrogen-bond donors (Lipinski definition) is 1. The Labute approximate surface area is 99.7 Å². The highest BCUT2D eigenvalue weighted by Crippen LogP contribution is 2.20. The van der Waals surface area contributed by atoms with Crippen molar-refractivity contribution in [1.82, 2.24) is 14.9 Å². The molecule has 1 aliphatic rings. The van der Waals surface area contributed by atoms with Crippen LogP contribution in [0.15, 0.2) is 18.2 Å². The van der Waals surface area contributed by atoms with Gasteiger partial charge in [-0.2, -0.15) is 0 Å². The van der Waals surface area contributed by atoms with Crippen LogP contribution in [0.25, 0.3) is 11.0 Å². The highest BCUT2D eigenvalue weighted by atomic mass is 19.1. The van der Waals surface area contributed by atoms with Crippen molar-refractivity contribution in [3.05, 3.63) is 29.8 Å². The summed E-state index contributed by atoms with van der Waals surface area (Å²) < 4.78 is 15.5. The van der Waals surface area contributed by atoms with Crippen LogP contribution < -0.4 is 5.32 Å². The quantitative estimate of drug-likeness (QED) is 0.875. The summed E-state index contributed by atoms with van der Waals surface area (Å²) in [6.45, 7) is 0.920. The number of hydrogen-bond acceptors (Lipinski definition) is 2. The summed E-state index contributed by atoms with van der Waals surface area (Å²) in [6, 6.07) is 5.80. The van der Waals surface area contributed by atoms with E-state index in [0.29, 0.717) is 11.6 Å². The Kier molecular flexibility index (Phi) is 2.59. The van der Waals surface area contributed by atoms with Crippen molar-refractivity contribution >= 4 is 11.0 Å². The van der Waals surface area contributed by atoms with Gasteiger partial charge in [0.15, 0.2) is 5.82 Å². The minimum Gasteiger partial charge on any atom is -0.331 e. The van der Waals surface area contributed by atoms with Crippen LogP contribution in [0.2, 0.25) is 0 Å². The lowest BCUT2D eigenvalue weighted by molar-refractivity contribution is 0.635. The van der Waals surface area contributed by atoms with Gasteiger partial charge in [-0.15, -0.1) is 0 Å². The van der Waals surface area contributed by atoms with Crippen molar-refractivity contribution in [2.75, 3.05) is 6.54 Å². The van der Waals surface area contributed by atoms with Gasteiger partial charge in [0.1, 0.15) is 11.3 Å². The standard InChI is InChI=1S/C13H16FN3/c1-17-11-4-2-3-10(14)13(11)16-12(17)7-8-15-9-5-6-9/h2-4,9,15H,5-8H2,1H3. The summed E-state index contributed by atoms with van der Waals surface area (Å²) in [5.74, 6) is 0.706. The molecule has 4 heteroatoms. The summed E-state index contributed by atoms with van der Waals surface area (Å²) >= 11 is 0. The predicted molar refractivity (Wildman–Crippen MR) is 65.4 cm³/mol. The molecule has 0 aliphatic heterocycles. The van der Waals surface area contributed by atoms with Crippen molar-refractivity contribution in [3.63, 3.8) is 0 Å². The number of aromatic nitrogens is 2. The van der Waals surface area contributed by atoms with Gasteiger partial charge in [-0.25, -0.2) is 9.37 Å². The molecule has 1 aromatic carbocycles. The van der Waals surface area contributed by atoms with E-state index in [0.717, 1.165) is 24.3 Å². The third kappa shape index (κ3) is 2.05. The number of nitrogens with one attached hydrogen (secondary N) is 1. The Morgan fingerprint density at radius 3 is 3.00 bits per heavy atom. The van der Waals surface area contributed by atoms with Crippen molar-refractivity contribution in [1.29, 1.82) is 0 Å². The maximum absolute atomic E-state index is 13.5. The topological polar surface area (TPSA) is 29.9 Å². The van der Waals surface area contributed by atoms with Crippen LogP contribution in [0.3, 0.4) is 0 Å². The smallest absolute Gasteiger partial charge is 0.151 e. The van der Waals surface area contributed by atoms with Gasteiger partial charge < -0.3 is 9.88 Å². The van der Waals surface area contributed by atoms with Crippen molar-refractivity contribution < 1.29 is 4.39 Å². The molecule has 0 bridgehead atoms. The second kappa shape index (κ2) is 4.11. The molecule has 1 aliphatic carbocycles. The van der Waals surface area contributed by atoms with E-state index in [9.17, 15) is 4.39 Å². The number of imidazole rings is 1. The Balaban J connectivity index is 1.83. The summed E-state index contributed by atoms with van der Waals surface area (Å²) in [5, 5.41) is 3.44. The van der Waals surface area contributed by atoms with Crippen LogP contribution in [-0.2, 0) is 13.5 Å². The number of fused-ring (bicyclic) bond motifs is 1. The van der Waals surface area contributed by atoms with Crippen LogP contribution in [-0.4, -0.2) is 22.1 Å². The molecule has 2 aromatic rings. The molecule has 1 heterocycles. The molecule has 3 nitrogen and oxygen atoms in total. The monoisotopic (exact) mass is 233 g/mol. The van der Waals surface area contributed by atoms with Gasteiger partial charge in [0.25, 0.3) is 0 Å². The summed E-state index contributed by atoms with van der Waals surface area (Å²) in [7, 11) is 1.95. The molecular formula is C13H16FN3. The summed E-state index contributed by atoms with van der Waals surface area (Å²) in [4.78, 5) is 4.38. The lowest BCUT2D eigenvalue weighted by Crippen LogP contribution is -2.20. The molecule has 3 rings (SSSR count). The van der Waals surface area contributed by atoms with Gasteiger partial charge in [0.05, 0.1) is 5.52 Å². The molecule has 0 radical (unpaired) electrons. The first-order chi connectivity index (χ1) is 8.25. The van der Waals surface area contributed by atoms with E-state index >= 15 is 0 Å². The van der Waals surface area contributed by atoms with E-state index in [1.165, 1.54) is 18.9 Å². The Morgan fingerprint density at radius 2 is 2.29 bits per heavy atom. The van der Waals surface area contributed by atoms with Gasteiger partial charge in [-0.3, -0.25) is 0 Å². The number of benzene rings is 1. The first-order valence-corrected chi connectivity index (χ1v) is 6.09. The first-order valence-electron chi connectivity index (χ1n) is 6.09. The zero-order valence-electron chi connectivity index (χ0n) is 9.91. The molecule has 17 heavy (non-hydrogen) atoms. The van der Waals surface area contributed by atoms with Gasteiger partial charge in [0.2, 0.25) is 0 Å². The molecule has 0 saturated heterocycles. The molecule has 0 spiro atoms. The largest absolute Gasteiger partial charge is 0.331 e. The second-order valence-electron chi connectivity index (χ2n) is 4.67. The lowest BCUT2D eigenvalue weighted by atomic mass is 10.3. The normalized spacial score (nSPS) is 15.6. The lowest BCUT2D eigenvalue weighted by Gasteiger charge is -2.03. The van der Waals surface area contributed by atoms with Crippen molar-refractivity contribution in [2.45, 2.75) is 25.3 Å². The predicted octanol–water partition coefficient (Wildman–Crippen LogP) is 2.01. The van der Waals surface area contributed by atoms with E-state index in [2.05, 4.69) is 10.3 Å². The maximum Gasteiger partial charge on any atom is 0.151 e. The van der Waals surface area contributed by atoms with Gasteiger partial charge in [0, 0.05) is 26.1 Å². The molecule has 1 N–H and O–H groups in total. The molecule has 1 fully saturated rings. The number of nitrogens with zero attached hydrogens (tertiary/aromatic N) is 2. The zero-order valence-corrected chi connectivity index (χ0v) is 9.91. The highest BCUT2D eigenvalue weighted by molar-refractivity contribution is 5.76. The van der Waals surface area contributed by atoms with E-state index in [4.69, 9.17) is 0 Å². The molecule has 1 saturated carbocycles. The van der Waals surface area contributed by atoms with Crippen LogP contribution in [0, 0.1) is 5.82 Å². The second-order valence-corrected chi connectivity index (χ2v) is 4.67. The third-order valence-electron chi connectivity index (χ3n) is 3.31. The van der Waals surface area contributed by atoms with Crippen LogP contribution in [0.5, 0.6) is 0 Å². The number of para-hydroxylation sites is 1.